The monoisotopic (exact) mass is 336 g/mol. The average molecular weight is 337 g/mol. The zero-order valence-electron chi connectivity index (χ0n) is 14.1. The van der Waals surface area contributed by atoms with Crippen LogP contribution in [-0.2, 0) is 11.2 Å². The van der Waals surface area contributed by atoms with Gasteiger partial charge in [0.1, 0.15) is 0 Å². The molecular weight excluding hydrogens is 308 g/mol. The van der Waals surface area contributed by atoms with Gasteiger partial charge >= 0.3 is 0 Å². The molecule has 23 heavy (non-hydrogen) atoms. The smallest absolute Gasteiger partial charge is 0.229 e. The van der Waals surface area contributed by atoms with Gasteiger partial charge in [0.15, 0.2) is 0 Å². The van der Waals surface area contributed by atoms with E-state index in [4.69, 9.17) is 0 Å². The first kappa shape index (κ1) is 18.3. The maximum atomic E-state index is 13.1. The Hall–Kier alpha value is -1.06. The van der Waals surface area contributed by atoms with E-state index in [2.05, 4.69) is 34.5 Å². The van der Waals surface area contributed by atoms with E-state index >= 15 is 0 Å². The number of likely N-dealkylation sites (tertiary alicyclic amines) is 1. The molecule has 3 nitrogen and oxygen atoms in total. The summed E-state index contributed by atoms with van der Waals surface area (Å²) in [6, 6.07) is 10.5. The van der Waals surface area contributed by atoms with Crippen LogP contribution in [0.5, 0.6) is 0 Å². The topological polar surface area (TPSA) is 32.3 Å². The molecule has 0 spiro atoms. The number of rotatable bonds is 5. The standard InChI is InChI=1S/C19H28N2O.ClH/c1-20-15-17-8-12-21(13-9-17)18(22)19(10-5-11-19)14-16-6-3-2-4-7-16;/h2-4,6-7,17,20H,5,8-15H2,1H3;1H. The lowest BCUT2D eigenvalue weighted by atomic mass is 9.64. The molecule has 1 aromatic rings. The number of halogens is 1. The highest BCUT2D eigenvalue weighted by Crippen LogP contribution is 2.45. The maximum Gasteiger partial charge on any atom is 0.229 e. The van der Waals surface area contributed by atoms with Gasteiger partial charge in [0.05, 0.1) is 5.41 Å². The Kier molecular flexibility index (Phi) is 6.49. The number of nitrogens with zero attached hydrogens (tertiary/aromatic N) is 1. The van der Waals surface area contributed by atoms with Gasteiger partial charge in [0.25, 0.3) is 0 Å². The fraction of sp³-hybridized carbons (Fsp3) is 0.632. The molecule has 0 unspecified atom stereocenters. The van der Waals surface area contributed by atoms with E-state index in [9.17, 15) is 4.79 Å². The summed E-state index contributed by atoms with van der Waals surface area (Å²) in [4.78, 5) is 15.2. The normalized spacial score (nSPS) is 20.5. The number of benzene rings is 1. The number of nitrogens with one attached hydrogen (secondary N) is 1. The molecule has 1 saturated heterocycles. The molecule has 0 atom stereocenters. The van der Waals surface area contributed by atoms with Crippen molar-refractivity contribution in [2.45, 2.75) is 38.5 Å². The minimum Gasteiger partial charge on any atom is -0.342 e. The minimum absolute atomic E-state index is 0. The van der Waals surface area contributed by atoms with Crippen LogP contribution in [0, 0.1) is 11.3 Å². The van der Waals surface area contributed by atoms with E-state index in [0.717, 1.165) is 57.7 Å². The fourth-order valence-corrected chi connectivity index (χ4v) is 4.02. The molecule has 1 aliphatic carbocycles. The molecular formula is C19H29ClN2O. The Morgan fingerprint density at radius 3 is 2.39 bits per heavy atom. The van der Waals surface area contributed by atoms with Gasteiger partial charge in [-0.15, -0.1) is 12.4 Å². The largest absolute Gasteiger partial charge is 0.342 e. The van der Waals surface area contributed by atoms with Crippen LogP contribution in [0.15, 0.2) is 30.3 Å². The predicted octanol–water partition coefficient (Wildman–Crippen LogP) is 3.28. The van der Waals surface area contributed by atoms with Gasteiger partial charge < -0.3 is 10.2 Å². The van der Waals surface area contributed by atoms with E-state index in [1.807, 2.05) is 13.1 Å². The first-order valence-corrected chi connectivity index (χ1v) is 8.71. The van der Waals surface area contributed by atoms with E-state index in [1.165, 1.54) is 12.0 Å². The molecule has 3 rings (SSSR count). The highest BCUT2D eigenvalue weighted by Gasteiger charge is 2.46. The Morgan fingerprint density at radius 1 is 1.22 bits per heavy atom. The van der Waals surface area contributed by atoms with Gasteiger partial charge in [-0.3, -0.25) is 4.79 Å². The average Bonchev–Trinajstić information content (AvgIpc) is 2.52. The third-order valence-corrected chi connectivity index (χ3v) is 5.54. The molecule has 0 radical (unpaired) electrons. The maximum absolute atomic E-state index is 13.1. The van der Waals surface area contributed by atoms with Crippen LogP contribution >= 0.6 is 12.4 Å². The summed E-state index contributed by atoms with van der Waals surface area (Å²) >= 11 is 0. The highest BCUT2D eigenvalue weighted by molar-refractivity contribution is 5.85. The second-order valence-corrected chi connectivity index (χ2v) is 7.09. The molecule has 1 N–H and O–H groups in total. The number of piperidine rings is 1. The summed E-state index contributed by atoms with van der Waals surface area (Å²) in [7, 11) is 2.01. The Labute approximate surface area is 146 Å². The fourth-order valence-electron chi connectivity index (χ4n) is 4.02. The first-order valence-electron chi connectivity index (χ1n) is 8.71. The van der Waals surface area contributed by atoms with Gasteiger partial charge in [0, 0.05) is 13.1 Å². The van der Waals surface area contributed by atoms with Crippen molar-refractivity contribution in [1.82, 2.24) is 10.2 Å². The molecule has 2 aliphatic rings. The van der Waals surface area contributed by atoms with Crippen LogP contribution in [0.1, 0.15) is 37.7 Å². The third kappa shape index (κ3) is 4.07. The van der Waals surface area contributed by atoms with Crippen molar-refractivity contribution in [1.29, 1.82) is 0 Å². The van der Waals surface area contributed by atoms with Gasteiger partial charge in [-0.2, -0.15) is 0 Å². The Morgan fingerprint density at radius 2 is 1.87 bits per heavy atom. The molecule has 0 aromatic heterocycles. The van der Waals surface area contributed by atoms with Crippen molar-refractivity contribution in [3.63, 3.8) is 0 Å². The summed E-state index contributed by atoms with van der Waals surface area (Å²) in [5.74, 6) is 1.16. The van der Waals surface area contributed by atoms with Crippen LogP contribution < -0.4 is 5.32 Å². The van der Waals surface area contributed by atoms with Crippen molar-refractivity contribution in [3.05, 3.63) is 35.9 Å². The van der Waals surface area contributed by atoms with E-state index < -0.39 is 0 Å². The van der Waals surface area contributed by atoms with Crippen LogP contribution in [0.4, 0.5) is 0 Å². The van der Waals surface area contributed by atoms with E-state index in [0.29, 0.717) is 5.91 Å². The van der Waals surface area contributed by atoms with Crippen molar-refractivity contribution in [3.8, 4) is 0 Å². The van der Waals surface area contributed by atoms with Crippen molar-refractivity contribution < 1.29 is 4.79 Å². The summed E-state index contributed by atoms with van der Waals surface area (Å²) in [6.07, 6.45) is 6.55. The summed E-state index contributed by atoms with van der Waals surface area (Å²) < 4.78 is 0. The SMILES string of the molecule is CNCC1CCN(C(=O)C2(Cc3ccccc3)CCC2)CC1.Cl. The number of carbonyl (C=O) groups is 1. The lowest BCUT2D eigenvalue weighted by molar-refractivity contribution is -0.149. The molecule has 0 bridgehead atoms. The number of carbonyl (C=O) groups excluding carboxylic acids is 1. The summed E-state index contributed by atoms with van der Waals surface area (Å²) in [5.41, 5.74) is 1.21. The molecule has 2 fully saturated rings. The Balaban J connectivity index is 0.00000192. The predicted molar refractivity (Wildman–Crippen MR) is 96.9 cm³/mol. The molecule has 1 heterocycles. The highest BCUT2D eigenvalue weighted by atomic mass is 35.5. The van der Waals surface area contributed by atoms with Crippen molar-refractivity contribution in [2.24, 2.45) is 11.3 Å². The van der Waals surface area contributed by atoms with Gasteiger partial charge in [-0.1, -0.05) is 36.8 Å². The second-order valence-electron chi connectivity index (χ2n) is 7.09. The van der Waals surface area contributed by atoms with Crippen LogP contribution in [0.3, 0.4) is 0 Å². The van der Waals surface area contributed by atoms with E-state index in [1.54, 1.807) is 0 Å². The molecule has 1 saturated carbocycles. The van der Waals surface area contributed by atoms with Crippen LogP contribution in [-0.4, -0.2) is 37.5 Å². The zero-order chi connectivity index (χ0) is 15.4. The molecule has 1 aromatic carbocycles. The van der Waals surface area contributed by atoms with Crippen LogP contribution in [0.25, 0.3) is 0 Å². The van der Waals surface area contributed by atoms with Crippen LogP contribution in [0.2, 0.25) is 0 Å². The van der Waals surface area contributed by atoms with Gasteiger partial charge in [-0.25, -0.2) is 0 Å². The van der Waals surface area contributed by atoms with Gasteiger partial charge in [-0.05, 0) is 57.2 Å². The second kappa shape index (κ2) is 8.16. The first-order chi connectivity index (χ1) is 10.7. The molecule has 1 aliphatic heterocycles. The number of hydrogen-bond donors (Lipinski definition) is 1. The molecule has 128 valence electrons. The van der Waals surface area contributed by atoms with Crippen molar-refractivity contribution in [2.75, 3.05) is 26.7 Å². The zero-order valence-corrected chi connectivity index (χ0v) is 14.9. The van der Waals surface area contributed by atoms with E-state index in [-0.39, 0.29) is 17.8 Å². The number of amides is 1. The quantitative estimate of drug-likeness (QED) is 0.895. The number of hydrogen-bond acceptors (Lipinski definition) is 2. The van der Waals surface area contributed by atoms with Crippen molar-refractivity contribution >= 4 is 18.3 Å². The lowest BCUT2D eigenvalue weighted by Gasteiger charge is -2.45. The Bertz CT molecular complexity index is 493. The summed E-state index contributed by atoms with van der Waals surface area (Å²) in [5, 5.41) is 3.26. The third-order valence-electron chi connectivity index (χ3n) is 5.54. The van der Waals surface area contributed by atoms with Gasteiger partial charge in [0.2, 0.25) is 5.91 Å². The minimum atomic E-state index is -0.100. The lowest BCUT2D eigenvalue weighted by Crippen LogP contribution is -2.51. The molecule has 1 amide bonds. The molecule has 4 heteroatoms. The summed E-state index contributed by atoms with van der Waals surface area (Å²) in [6.45, 7) is 2.97.